The van der Waals surface area contributed by atoms with Crippen molar-refractivity contribution in [3.8, 4) is 0 Å². The van der Waals surface area contributed by atoms with E-state index >= 15 is 0 Å². The van der Waals surface area contributed by atoms with Gasteiger partial charge in [0, 0.05) is 24.3 Å². The van der Waals surface area contributed by atoms with Crippen molar-refractivity contribution in [2.75, 3.05) is 0 Å². The van der Waals surface area contributed by atoms with Crippen molar-refractivity contribution >= 4 is 5.97 Å². The number of rotatable bonds is 2. The fourth-order valence-corrected chi connectivity index (χ4v) is 1.62. The molecule has 0 saturated carbocycles. The van der Waals surface area contributed by atoms with Gasteiger partial charge >= 0.3 is 5.97 Å². The summed E-state index contributed by atoms with van der Waals surface area (Å²) in [4.78, 5) is 13.5. The van der Waals surface area contributed by atoms with E-state index < -0.39 is 6.29 Å². The van der Waals surface area contributed by atoms with Gasteiger partial charge in [-0.15, -0.1) is 0 Å². The number of azide groups is 1. The van der Waals surface area contributed by atoms with Crippen molar-refractivity contribution < 1.29 is 14.3 Å². The number of carbonyl (C=O) groups excluding carboxylic acids is 1. The van der Waals surface area contributed by atoms with Crippen LogP contribution in [-0.4, -0.2) is 24.4 Å². The van der Waals surface area contributed by atoms with E-state index in [1.165, 1.54) is 6.92 Å². The second-order valence-electron chi connectivity index (χ2n) is 3.75. The quantitative estimate of drug-likeness (QED) is 0.304. The number of carbonyl (C=O) groups is 1. The van der Waals surface area contributed by atoms with Crippen LogP contribution in [0.5, 0.6) is 0 Å². The van der Waals surface area contributed by atoms with Gasteiger partial charge in [0.15, 0.2) is 0 Å². The molecule has 1 aliphatic rings. The van der Waals surface area contributed by atoms with Crippen LogP contribution in [0.15, 0.2) is 5.11 Å². The SMILES string of the molecule is CC(=O)OC1C[C@H](N=[N+]=[N-])[C@@H](C)C(C)O1. The number of nitrogens with zero attached hydrogens (tertiary/aromatic N) is 3. The predicted octanol–water partition coefficient (Wildman–Crippen LogP) is 2.00. The van der Waals surface area contributed by atoms with Crippen LogP contribution in [0.3, 0.4) is 0 Å². The van der Waals surface area contributed by atoms with E-state index in [9.17, 15) is 4.79 Å². The number of hydrogen-bond acceptors (Lipinski definition) is 4. The number of esters is 1. The highest BCUT2D eigenvalue weighted by atomic mass is 16.7. The van der Waals surface area contributed by atoms with Crippen LogP contribution >= 0.6 is 0 Å². The lowest BCUT2D eigenvalue weighted by Crippen LogP contribution is -2.42. The van der Waals surface area contributed by atoms with Crippen LogP contribution in [0.25, 0.3) is 10.4 Å². The van der Waals surface area contributed by atoms with Gasteiger partial charge < -0.3 is 9.47 Å². The van der Waals surface area contributed by atoms with Crippen molar-refractivity contribution in [2.24, 2.45) is 11.0 Å². The summed E-state index contributed by atoms with van der Waals surface area (Å²) in [5, 5.41) is 3.68. The molecule has 6 nitrogen and oxygen atoms in total. The molecule has 1 rings (SSSR count). The normalized spacial score (nSPS) is 35.4. The maximum atomic E-state index is 10.8. The first-order chi connectivity index (χ1) is 7.04. The summed E-state index contributed by atoms with van der Waals surface area (Å²) in [6.07, 6.45) is -0.252. The molecule has 0 amide bonds. The minimum absolute atomic E-state index is 0.0846. The van der Waals surface area contributed by atoms with Gasteiger partial charge in [-0.05, 0) is 18.4 Å². The second kappa shape index (κ2) is 5.00. The van der Waals surface area contributed by atoms with E-state index in [1.54, 1.807) is 0 Å². The lowest BCUT2D eigenvalue weighted by Gasteiger charge is -2.36. The fourth-order valence-electron chi connectivity index (χ4n) is 1.62. The first kappa shape index (κ1) is 11.8. The van der Waals surface area contributed by atoms with Gasteiger partial charge in [-0.3, -0.25) is 4.79 Å². The van der Waals surface area contributed by atoms with Gasteiger partial charge in [-0.25, -0.2) is 0 Å². The molecule has 1 fully saturated rings. The molecule has 2 unspecified atom stereocenters. The van der Waals surface area contributed by atoms with E-state index in [4.69, 9.17) is 15.0 Å². The topological polar surface area (TPSA) is 84.3 Å². The molecule has 0 N–H and O–H groups in total. The lowest BCUT2D eigenvalue weighted by molar-refractivity contribution is -0.209. The summed E-state index contributed by atoms with van der Waals surface area (Å²) in [5.74, 6) is -0.255. The average Bonchev–Trinajstić information content (AvgIpc) is 2.12. The van der Waals surface area contributed by atoms with Crippen molar-refractivity contribution in [1.82, 2.24) is 0 Å². The van der Waals surface area contributed by atoms with E-state index in [1.807, 2.05) is 13.8 Å². The van der Waals surface area contributed by atoms with Crippen molar-refractivity contribution in [1.29, 1.82) is 0 Å². The summed E-state index contributed by atoms with van der Waals surface area (Å²) in [5.41, 5.74) is 8.40. The molecule has 0 bridgehead atoms. The van der Waals surface area contributed by atoms with E-state index in [2.05, 4.69) is 10.0 Å². The molecule has 1 heterocycles. The molecule has 4 atom stereocenters. The van der Waals surface area contributed by atoms with Crippen LogP contribution in [0.4, 0.5) is 0 Å². The molecular weight excluding hydrogens is 198 g/mol. The van der Waals surface area contributed by atoms with Crippen molar-refractivity contribution in [2.45, 2.75) is 45.6 Å². The smallest absolute Gasteiger partial charge is 0.304 e. The Kier molecular flexibility index (Phi) is 3.94. The summed E-state index contributed by atoms with van der Waals surface area (Å²) in [6.45, 7) is 5.16. The Labute approximate surface area is 88.2 Å². The minimum atomic E-state index is -0.593. The highest BCUT2D eigenvalue weighted by Gasteiger charge is 2.34. The number of ether oxygens (including phenoxy) is 2. The monoisotopic (exact) mass is 213 g/mol. The molecule has 84 valence electrons. The maximum absolute atomic E-state index is 10.8. The molecular formula is C9H15N3O3. The Balaban J connectivity index is 2.65. The van der Waals surface area contributed by atoms with Crippen LogP contribution in [-0.2, 0) is 14.3 Å². The van der Waals surface area contributed by atoms with Crippen LogP contribution < -0.4 is 0 Å². The summed E-state index contributed by atoms with van der Waals surface area (Å²) < 4.78 is 10.4. The van der Waals surface area contributed by atoms with Gasteiger partial charge in [-0.1, -0.05) is 12.0 Å². The molecule has 0 aromatic carbocycles. The molecule has 0 aliphatic carbocycles. The third-order valence-electron chi connectivity index (χ3n) is 2.65. The van der Waals surface area contributed by atoms with Gasteiger partial charge in [0.2, 0.25) is 6.29 Å². The first-order valence-corrected chi connectivity index (χ1v) is 4.91. The summed E-state index contributed by atoms with van der Waals surface area (Å²) >= 11 is 0. The van der Waals surface area contributed by atoms with Gasteiger partial charge in [0.1, 0.15) is 0 Å². The highest BCUT2D eigenvalue weighted by Crippen LogP contribution is 2.28. The van der Waals surface area contributed by atoms with E-state index in [-0.39, 0.29) is 24.0 Å². The predicted molar refractivity (Wildman–Crippen MR) is 52.8 cm³/mol. The lowest BCUT2D eigenvalue weighted by atomic mass is 9.92. The number of hydrogen-bond donors (Lipinski definition) is 0. The van der Waals surface area contributed by atoms with Gasteiger partial charge in [0.25, 0.3) is 0 Å². The Morgan fingerprint density at radius 1 is 1.60 bits per heavy atom. The zero-order valence-corrected chi connectivity index (χ0v) is 9.08. The Morgan fingerprint density at radius 2 is 2.27 bits per heavy atom. The van der Waals surface area contributed by atoms with Crippen LogP contribution in [0.2, 0.25) is 0 Å². The van der Waals surface area contributed by atoms with E-state index in [0.29, 0.717) is 6.42 Å². The molecule has 1 saturated heterocycles. The Morgan fingerprint density at radius 3 is 2.80 bits per heavy atom. The first-order valence-electron chi connectivity index (χ1n) is 4.91. The zero-order chi connectivity index (χ0) is 11.4. The third kappa shape index (κ3) is 3.11. The molecule has 0 aromatic heterocycles. The van der Waals surface area contributed by atoms with Crippen LogP contribution in [0.1, 0.15) is 27.2 Å². The molecule has 0 aromatic rings. The summed E-state index contributed by atoms with van der Waals surface area (Å²) in [6, 6.07) is -0.178. The van der Waals surface area contributed by atoms with Crippen molar-refractivity contribution in [3.63, 3.8) is 0 Å². The largest absolute Gasteiger partial charge is 0.436 e. The van der Waals surface area contributed by atoms with Gasteiger partial charge in [0.05, 0.1) is 6.10 Å². The third-order valence-corrected chi connectivity index (χ3v) is 2.65. The fraction of sp³-hybridized carbons (Fsp3) is 0.889. The molecule has 1 aliphatic heterocycles. The van der Waals surface area contributed by atoms with Crippen LogP contribution in [0, 0.1) is 5.92 Å². The second-order valence-corrected chi connectivity index (χ2v) is 3.75. The highest BCUT2D eigenvalue weighted by molar-refractivity contribution is 5.66. The summed E-state index contributed by atoms with van der Waals surface area (Å²) in [7, 11) is 0. The zero-order valence-electron chi connectivity index (χ0n) is 9.08. The van der Waals surface area contributed by atoms with E-state index in [0.717, 1.165) is 0 Å². The van der Waals surface area contributed by atoms with Crippen molar-refractivity contribution in [3.05, 3.63) is 10.4 Å². The minimum Gasteiger partial charge on any atom is -0.436 e. The van der Waals surface area contributed by atoms with Gasteiger partial charge in [-0.2, -0.15) is 0 Å². The average molecular weight is 213 g/mol. The molecule has 0 spiro atoms. The maximum Gasteiger partial charge on any atom is 0.304 e. The standard InChI is InChI=1S/C9H15N3O3/c1-5-6(2)14-9(15-7(3)13)4-8(5)11-12-10/h5-6,8-9H,4H2,1-3H3/t5-,6?,8-,9?/m0/s1. The Hall–Kier alpha value is -1.26. The molecule has 6 heteroatoms. The molecule has 0 radical (unpaired) electrons. The molecule has 15 heavy (non-hydrogen) atoms. The Bertz CT molecular complexity index is 288.